The van der Waals surface area contributed by atoms with Gasteiger partial charge in [-0.15, -0.1) is 10.2 Å². The van der Waals surface area contributed by atoms with Gasteiger partial charge in [-0.1, -0.05) is 6.92 Å². The zero-order valence-electron chi connectivity index (χ0n) is 8.90. The maximum absolute atomic E-state index is 12.2. The van der Waals surface area contributed by atoms with Crippen LogP contribution < -0.4 is 5.14 Å². The van der Waals surface area contributed by atoms with E-state index in [1.165, 1.54) is 0 Å². The van der Waals surface area contributed by atoms with Crippen LogP contribution in [-0.4, -0.2) is 29.4 Å². The van der Waals surface area contributed by atoms with Crippen molar-refractivity contribution in [3.8, 4) is 0 Å². The quantitative estimate of drug-likeness (QED) is 0.861. The molecule has 0 saturated heterocycles. The summed E-state index contributed by atoms with van der Waals surface area (Å²) in [6, 6.07) is 0. The highest BCUT2D eigenvalue weighted by molar-refractivity contribution is 7.89. The molecule has 0 saturated carbocycles. The van der Waals surface area contributed by atoms with Crippen LogP contribution in [0.4, 0.5) is 13.2 Å². The van der Waals surface area contributed by atoms with Crippen LogP contribution in [0.2, 0.25) is 0 Å². The lowest BCUT2D eigenvalue weighted by molar-refractivity contribution is -0.129. The Kier molecular flexibility index (Phi) is 3.77. The monoisotopic (exact) mass is 272 g/mol. The Morgan fingerprint density at radius 1 is 1.35 bits per heavy atom. The van der Waals surface area contributed by atoms with Crippen molar-refractivity contribution < 1.29 is 21.6 Å². The molecule has 17 heavy (non-hydrogen) atoms. The molecule has 1 heterocycles. The van der Waals surface area contributed by atoms with E-state index in [-0.39, 0.29) is 6.54 Å². The summed E-state index contributed by atoms with van der Waals surface area (Å²) in [5.74, 6) is -0.455. The van der Waals surface area contributed by atoms with Gasteiger partial charge >= 0.3 is 6.18 Å². The molecular formula is C7H11F3N4O2S. The summed E-state index contributed by atoms with van der Waals surface area (Å²) in [5, 5.41) is 10.6. The third-order valence-electron chi connectivity index (χ3n) is 1.85. The molecule has 1 rings (SSSR count). The van der Waals surface area contributed by atoms with E-state index >= 15 is 0 Å². The summed E-state index contributed by atoms with van der Waals surface area (Å²) in [6.07, 6.45) is -5.38. The van der Waals surface area contributed by atoms with Gasteiger partial charge < -0.3 is 4.57 Å². The van der Waals surface area contributed by atoms with Gasteiger partial charge in [0.1, 0.15) is 12.2 Å². The van der Waals surface area contributed by atoms with Crippen molar-refractivity contribution in [1.29, 1.82) is 0 Å². The predicted octanol–water partition coefficient (Wildman–Crippen LogP) is 0.440. The summed E-state index contributed by atoms with van der Waals surface area (Å²) in [4.78, 5) is 0. The van der Waals surface area contributed by atoms with Gasteiger partial charge in [0.15, 0.2) is 0 Å². The van der Waals surface area contributed by atoms with Crippen molar-refractivity contribution in [2.45, 2.75) is 37.6 Å². The molecule has 1 aromatic heterocycles. The molecule has 1 aromatic rings. The van der Waals surface area contributed by atoms with E-state index in [0.717, 1.165) is 4.57 Å². The highest BCUT2D eigenvalue weighted by Crippen LogP contribution is 2.21. The number of nitrogens with zero attached hydrogens (tertiary/aromatic N) is 3. The molecule has 0 aliphatic rings. The van der Waals surface area contributed by atoms with Crippen molar-refractivity contribution >= 4 is 10.0 Å². The van der Waals surface area contributed by atoms with Crippen LogP contribution in [0.1, 0.15) is 19.2 Å². The van der Waals surface area contributed by atoms with Crippen LogP contribution in [0.5, 0.6) is 0 Å². The Morgan fingerprint density at radius 2 is 1.94 bits per heavy atom. The van der Waals surface area contributed by atoms with E-state index < -0.39 is 33.6 Å². The van der Waals surface area contributed by atoms with Crippen LogP contribution in [0, 0.1) is 0 Å². The number of primary sulfonamides is 1. The second-order valence-electron chi connectivity index (χ2n) is 3.39. The highest BCUT2D eigenvalue weighted by Gasteiger charge is 2.32. The average Bonchev–Trinajstić information content (AvgIpc) is 2.45. The van der Waals surface area contributed by atoms with Crippen LogP contribution in [0.15, 0.2) is 5.16 Å². The zero-order valence-corrected chi connectivity index (χ0v) is 9.72. The summed E-state index contributed by atoms with van der Waals surface area (Å²) < 4.78 is 59.7. The Bertz CT molecular complexity index is 494. The summed E-state index contributed by atoms with van der Waals surface area (Å²) >= 11 is 0. The minimum atomic E-state index is -4.48. The minimum Gasteiger partial charge on any atom is -0.300 e. The first-order valence-electron chi connectivity index (χ1n) is 4.66. The van der Waals surface area contributed by atoms with Gasteiger partial charge in [-0.05, 0) is 6.42 Å². The maximum atomic E-state index is 12.2. The Labute approximate surface area is 95.7 Å². The number of alkyl halides is 3. The molecule has 0 amide bonds. The fourth-order valence-electron chi connectivity index (χ4n) is 1.29. The van der Waals surface area contributed by atoms with Crippen molar-refractivity contribution in [3.63, 3.8) is 0 Å². The Balaban J connectivity index is 3.20. The number of halogens is 3. The largest absolute Gasteiger partial charge is 0.396 e. The molecule has 2 N–H and O–H groups in total. The van der Waals surface area contributed by atoms with E-state index in [0.29, 0.717) is 6.42 Å². The molecular weight excluding hydrogens is 261 g/mol. The van der Waals surface area contributed by atoms with Gasteiger partial charge in [0.2, 0.25) is 0 Å². The van der Waals surface area contributed by atoms with Crippen molar-refractivity contribution in [3.05, 3.63) is 5.82 Å². The van der Waals surface area contributed by atoms with Crippen LogP contribution >= 0.6 is 0 Å². The third kappa shape index (κ3) is 3.66. The zero-order chi connectivity index (χ0) is 13.3. The lowest BCUT2D eigenvalue weighted by Gasteiger charge is -2.09. The lowest BCUT2D eigenvalue weighted by Crippen LogP contribution is -2.21. The summed E-state index contributed by atoms with van der Waals surface area (Å²) in [7, 11) is -4.17. The molecule has 0 aliphatic carbocycles. The number of nitrogens with two attached hydrogens (primary N) is 1. The normalized spacial score (nSPS) is 13.0. The molecule has 6 nitrogen and oxygen atoms in total. The van der Waals surface area contributed by atoms with E-state index in [1.807, 2.05) is 0 Å². The van der Waals surface area contributed by atoms with Gasteiger partial charge in [-0.2, -0.15) is 13.2 Å². The lowest BCUT2D eigenvalue weighted by atomic mass is 10.4. The summed E-state index contributed by atoms with van der Waals surface area (Å²) in [6.45, 7) is 1.74. The standard InChI is InChI=1S/C7H11F3N4O2S/c1-2-3-14-5(4-7(8,9)10)12-13-6(14)17(11,15)16/h2-4H2,1H3,(H2,11,15,16). The smallest absolute Gasteiger partial charge is 0.300 e. The van der Waals surface area contributed by atoms with E-state index in [1.54, 1.807) is 6.92 Å². The number of hydrogen-bond acceptors (Lipinski definition) is 4. The Morgan fingerprint density at radius 3 is 2.35 bits per heavy atom. The van der Waals surface area contributed by atoms with Crippen molar-refractivity contribution in [2.75, 3.05) is 0 Å². The maximum Gasteiger partial charge on any atom is 0.396 e. The fourth-order valence-corrected chi connectivity index (χ4v) is 1.95. The van der Waals surface area contributed by atoms with E-state index in [2.05, 4.69) is 10.2 Å². The highest BCUT2D eigenvalue weighted by atomic mass is 32.2. The molecule has 0 fully saturated rings. The molecule has 0 unspecified atom stereocenters. The van der Waals surface area contributed by atoms with Gasteiger partial charge in [0.05, 0.1) is 0 Å². The topological polar surface area (TPSA) is 90.9 Å². The fraction of sp³-hybridized carbons (Fsp3) is 0.714. The predicted molar refractivity (Wildman–Crippen MR) is 51.4 cm³/mol. The molecule has 0 radical (unpaired) electrons. The Hall–Kier alpha value is -1.16. The molecule has 98 valence electrons. The van der Waals surface area contributed by atoms with Crippen LogP contribution in [0.25, 0.3) is 0 Å². The van der Waals surface area contributed by atoms with Gasteiger partial charge in [-0.3, -0.25) is 0 Å². The van der Waals surface area contributed by atoms with Crippen molar-refractivity contribution in [1.82, 2.24) is 14.8 Å². The SMILES string of the molecule is CCCn1c(CC(F)(F)F)nnc1S(N)(=O)=O. The molecule has 0 atom stereocenters. The number of rotatable bonds is 4. The van der Waals surface area contributed by atoms with Gasteiger partial charge in [0.25, 0.3) is 15.2 Å². The minimum absolute atomic E-state index is 0.0597. The van der Waals surface area contributed by atoms with Crippen molar-refractivity contribution in [2.24, 2.45) is 5.14 Å². The molecule has 10 heteroatoms. The van der Waals surface area contributed by atoms with Crippen LogP contribution in [0.3, 0.4) is 0 Å². The molecule has 0 aliphatic heterocycles. The number of sulfonamides is 1. The molecule has 0 aromatic carbocycles. The summed E-state index contributed by atoms with van der Waals surface area (Å²) in [5.41, 5.74) is 0. The van der Waals surface area contributed by atoms with E-state index in [9.17, 15) is 21.6 Å². The number of hydrogen-bond donors (Lipinski definition) is 1. The van der Waals surface area contributed by atoms with Gasteiger partial charge in [-0.25, -0.2) is 13.6 Å². The first kappa shape index (κ1) is 13.9. The second-order valence-corrected chi connectivity index (χ2v) is 4.84. The van der Waals surface area contributed by atoms with Gasteiger partial charge in [0, 0.05) is 6.54 Å². The molecule has 0 bridgehead atoms. The number of aromatic nitrogens is 3. The molecule has 0 spiro atoms. The van der Waals surface area contributed by atoms with Crippen LogP contribution in [-0.2, 0) is 23.0 Å². The third-order valence-corrected chi connectivity index (χ3v) is 2.66. The average molecular weight is 272 g/mol. The first-order chi connectivity index (χ1) is 7.65. The van der Waals surface area contributed by atoms with E-state index in [4.69, 9.17) is 5.14 Å². The second kappa shape index (κ2) is 4.61. The first-order valence-corrected chi connectivity index (χ1v) is 6.21.